The van der Waals surface area contributed by atoms with Crippen LogP contribution in [0.2, 0.25) is 0 Å². The summed E-state index contributed by atoms with van der Waals surface area (Å²) in [5.74, 6) is 2.01. The van der Waals surface area contributed by atoms with E-state index in [1.807, 2.05) is 11.9 Å². The van der Waals surface area contributed by atoms with E-state index in [0.29, 0.717) is 39.4 Å². The third kappa shape index (κ3) is 5.31. The van der Waals surface area contributed by atoms with E-state index in [-0.39, 0.29) is 11.9 Å². The highest BCUT2D eigenvalue weighted by molar-refractivity contribution is 8.24. The van der Waals surface area contributed by atoms with Gasteiger partial charge >= 0.3 is 5.97 Å². The second kappa shape index (κ2) is 10.7. The number of hydrogen-bond donors (Lipinski definition) is 1. The van der Waals surface area contributed by atoms with E-state index in [1.165, 1.54) is 42.8 Å². The quantitative estimate of drug-likeness (QED) is 0.355. The minimum absolute atomic E-state index is 0.0459. The van der Waals surface area contributed by atoms with Gasteiger partial charge in [0.25, 0.3) is 5.91 Å². The Labute approximate surface area is 208 Å². The first-order chi connectivity index (χ1) is 16.4. The van der Waals surface area contributed by atoms with E-state index in [4.69, 9.17) is 31.2 Å². The average molecular weight is 502 g/mol. The Morgan fingerprint density at radius 2 is 2.06 bits per heavy atom. The first kappa shape index (κ1) is 24.3. The molecule has 2 bridgehead atoms. The molecule has 4 rings (SSSR count). The molecule has 2 aliphatic rings. The number of fused-ring (bicyclic) bond motifs is 2. The molecule has 2 saturated carbocycles. The van der Waals surface area contributed by atoms with Crippen molar-refractivity contribution in [3.05, 3.63) is 41.0 Å². The van der Waals surface area contributed by atoms with Gasteiger partial charge in [0.2, 0.25) is 0 Å². The first-order valence-electron chi connectivity index (χ1n) is 11.1. The van der Waals surface area contributed by atoms with Gasteiger partial charge in [0.1, 0.15) is 11.5 Å². The molecule has 1 aromatic carbocycles. The fraction of sp³-hybridized carbons (Fsp3) is 0.400. The molecule has 1 N–H and O–H groups in total. The molecule has 2 fully saturated rings. The van der Waals surface area contributed by atoms with Crippen molar-refractivity contribution in [2.45, 2.75) is 31.7 Å². The number of nitrogens with zero attached hydrogens (tertiary/aromatic N) is 1. The number of furan rings is 1. The first-order valence-corrected chi connectivity index (χ1v) is 12.5. The summed E-state index contributed by atoms with van der Waals surface area (Å²) in [4.78, 5) is 26.5. The smallest absolute Gasteiger partial charge is 0.341 e. The molecule has 0 radical (unpaired) electrons. The lowest BCUT2D eigenvalue weighted by Gasteiger charge is -2.31. The largest absolute Gasteiger partial charge is 0.493 e. The van der Waals surface area contributed by atoms with Crippen LogP contribution in [0.3, 0.4) is 0 Å². The molecule has 34 heavy (non-hydrogen) atoms. The van der Waals surface area contributed by atoms with Crippen LogP contribution in [0.4, 0.5) is 0 Å². The van der Waals surface area contributed by atoms with Crippen molar-refractivity contribution >= 4 is 46.6 Å². The number of carbonyl (C=O) groups excluding carboxylic acids is 1. The van der Waals surface area contributed by atoms with Crippen LogP contribution < -0.4 is 9.47 Å². The predicted molar refractivity (Wildman–Crippen MR) is 135 cm³/mol. The van der Waals surface area contributed by atoms with Crippen LogP contribution in [0, 0.1) is 11.8 Å². The van der Waals surface area contributed by atoms with E-state index in [1.54, 1.807) is 36.4 Å². The number of amides is 1. The third-order valence-electron chi connectivity index (χ3n) is 6.60. The van der Waals surface area contributed by atoms with E-state index >= 15 is 0 Å². The highest BCUT2D eigenvalue weighted by atomic mass is 32.2. The molecule has 7 nitrogen and oxygen atoms in total. The molecule has 2 aromatic rings. The Morgan fingerprint density at radius 3 is 2.71 bits per heavy atom. The lowest BCUT2D eigenvalue weighted by molar-refractivity contribution is -0.139. The maximum atomic E-state index is 13.3. The summed E-state index contributed by atoms with van der Waals surface area (Å²) in [6.07, 6.45) is 6.51. The summed E-state index contributed by atoms with van der Waals surface area (Å²) >= 11 is 6.25. The van der Waals surface area contributed by atoms with E-state index in [2.05, 4.69) is 0 Å². The summed E-state index contributed by atoms with van der Waals surface area (Å²) < 4.78 is 18.0. The van der Waals surface area contributed by atoms with E-state index in [9.17, 15) is 9.59 Å². The van der Waals surface area contributed by atoms with E-state index in [0.717, 1.165) is 12.3 Å². The Balaban J connectivity index is 1.54. The molecule has 180 valence electrons. The highest BCUT2D eigenvalue weighted by Gasteiger charge is 2.42. The van der Waals surface area contributed by atoms with Gasteiger partial charge in [0.05, 0.1) is 12.0 Å². The fourth-order valence-electron chi connectivity index (χ4n) is 5.00. The maximum Gasteiger partial charge on any atom is 0.341 e. The van der Waals surface area contributed by atoms with E-state index < -0.39 is 12.6 Å². The molecular weight excluding hydrogens is 474 g/mol. The van der Waals surface area contributed by atoms with Crippen molar-refractivity contribution in [1.82, 2.24) is 4.90 Å². The topological polar surface area (TPSA) is 89.2 Å². The van der Waals surface area contributed by atoms with Gasteiger partial charge < -0.3 is 23.9 Å². The molecule has 3 unspecified atom stereocenters. The number of carboxylic acids is 1. The number of hydrogen-bond acceptors (Lipinski definition) is 7. The standard InChI is InChI=1S/C25H27NO6S2/c1-26(19-10-15-3-4-16(19)9-15)25(29)23(34-14-33)12-18-6-8-20(32-18)17-5-7-21(30-2)22(11-17)31-13-24(27)28/h5-8,11-12,14-16,19H,3-4,9-10,13H2,1-2H3,(H,27,28)/b23-12-. The number of thioether (sulfide) groups is 1. The van der Waals surface area contributed by atoms with Gasteiger partial charge in [-0.2, -0.15) is 0 Å². The minimum atomic E-state index is -1.08. The van der Waals surface area contributed by atoms with Crippen LogP contribution in [0.1, 0.15) is 31.4 Å². The average Bonchev–Trinajstić information content (AvgIpc) is 3.59. The number of aliphatic carboxylic acids is 1. The zero-order valence-electron chi connectivity index (χ0n) is 19.1. The molecule has 1 aromatic heterocycles. The van der Waals surface area contributed by atoms with Crippen molar-refractivity contribution in [3.8, 4) is 22.8 Å². The minimum Gasteiger partial charge on any atom is -0.493 e. The van der Waals surface area contributed by atoms with Gasteiger partial charge in [-0.05, 0) is 61.4 Å². The van der Waals surface area contributed by atoms with Crippen LogP contribution in [0.5, 0.6) is 11.5 Å². The number of benzene rings is 1. The Kier molecular flexibility index (Phi) is 7.63. The maximum absolute atomic E-state index is 13.3. The van der Waals surface area contributed by atoms with Gasteiger partial charge in [-0.15, -0.1) is 0 Å². The van der Waals surface area contributed by atoms with Crippen LogP contribution in [0.15, 0.2) is 39.7 Å². The van der Waals surface area contributed by atoms with Gasteiger partial charge in [-0.3, -0.25) is 4.79 Å². The predicted octanol–water partition coefficient (Wildman–Crippen LogP) is 5.10. The summed E-state index contributed by atoms with van der Waals surface area (Å²) in [7, 11) is 3.37. The Hall–Kier alpha value is -2.78. The van der Waals surface area contributed by atoms with Crippen molar-refractivity contribution in [2.75, 3.05) is 20.8 Å². The lowest BCUT2D eigenvalue weighted by atomic mass is 9.94. The van der Waals surface area contributed by atoms with Crippen LogP contribution in [-0.2, 0) is 9.59 Å². The number of rotatable bonds is 10. The van der Waals surface area contributed by atoms with Crippen molar-refractivity contribution < 1.29 is 28.6 Å². The van der Waals surface area contributed by atoms with Crippen LogP contribution in [-0.4, -0.2) is 53.4 Å². The van der Waals surface area contributed by atoms with Crippen molar-refractivity contribution in [1.29, 1.82) is 0 Å². The summed E-state index contributed by atoms with van der Waals surface area (Å²) in [5.41, 5.74) is 0.690. The normalized spacial score (nSPS) is 21.4. The van der Waals surface area contributed by atoms with Crippen molar-refractivity contribution in [2.24, 2.45) is 11.8 Å². The molecule has 2 aliphatic carbocycles. The molecule has 3 atom stereocenters. The third-order valence-corrected chi connectivity index (χ3v) is 7.54. The molecule has 0 spiro atoms. The highest BCUT2D eigenvalue weighted by Crippen LogP contribution is 2.46. The fourth-order valence-corrected chi connectivity index (χ4v) is 5.85. The van der Waals surface area contributed by atoms with Crippen LogP contribution in [0.25, 0.3) is 17.4 Å². The van der Waals surface area contributed by atoms with Gasteiger partial charge in [0.15, 0.2) is 18.1 Å². The Morgan fingerprint density at radius 1 is 1.24 bits per heavy atom. The molecular formula is C25H27NO6S2. The molecule has 0 saturated heterocycles. The number of methoxy groups -OCH3 is 1. The number of carbonyl (C=O) groups is 2. The zero-order valence-corrected chi connectivity index (χ0v) is 20.7. The second-order valence-electron chi connectivity index (χ2n) is 8.63. The molecule has 0 aliphatic heterocycles. The zero-order chi connectivity index (χ0) is 24.2. The number of ether oxygens (including phenoxy) is 2. The number of thiocarbonyl (C=S) groups is 1. The van der Waals surface area contributed by atoms with Gasteiger partial charge in [0, 0.05) is 29.4 Å². The SMILES string of the molecule is COc1ccc(-c2ccc(/C=C(\SC=S)C(=O)N(C)C3CC4CCC3C4)o2)cc1OCC(=O)O. The van der Waals surface area contributed by atoms with Gasteiger partial charge in [-0.25, -0.2) is 4.79 Å². The van der Waals surface area contributed by atoms with Crippen LogP contribution >= 0.6 is 24.0 Å². The Bertz CT molecular complexity index is 1110. The summed E-state index contributed by atoms with van der Waals surface area (Å²) in [6.45, 7) is -0.484. The molecule has 1 heterocycles. The second-order valence-corrected chi connectivity index (χ2v) is 10.1. The summed E-state index contributed by atoms with van der Waals surface area (Å²) in [6, 6.07) is 9.00. The van der Waals surface area contributed by atoms with Crippen molar-refractivity contribution in [3.63, 3.8) is 0 Å². The van der Waals surface area contributed by atoms with Gasteiger partial charge in [-0.1, -0.05) is 30.4 Å². The summed E-state index contributed by atoms with van der Waals surface area (Å²) in [5, 5.41) is 8.91. The monoisotopic (exact) mass is 501 g/mol. The number of likely N-dealkylation sites (N-methyl/N-ethyl adjacent to an activating group) is 1. The molecule has 9 heteroatoms. The molecule has 1 amide bonds. The number of carboxylic acid groups (broad SMARTS) is 1. The lowest BCUT2D eigenvalue weighted by Crippen LogP contribution is -2.40.